The van der Waals surface area contributed by atoms with Crippen LogP contribution in [0.4, 0.5) is 0 Å². The van der Waals surface area contributed by atoms with E-state index in [4.69, 9.17) is 0 Å². The summed E-state index contributed by atoms with van der Waals surface area (Å²) in [6.07, 6.45) is 3.71. The Morgan fingerprint density at radius 2 is 0.841 bits per heavy atom. The average molecular weight is 591 g/mol. The number of nitrogens with zero attached hydrogens (tertiary/aromatic N) is 4. The maximum absolute atomic E-state index is 4.53. The molecule has 234 valence electrons. The van der Waals surface area contributed by atoms with Crippen molar-refractivity contribution in [3.05, 3.63) is 116 Å². The second-order valence-electron chi connectivity index (χ2n) is 8.19. The van der Waals surface area contributed by atoms with E-state index in [9.17, 15) is 0 Å². The Morgan fingerprint density at radius 1 is 0.432 bits per heavy atom. The molecule has 0 N–H and O–H groups in total. The lowest BCUT2D eigenvalue weighted by molar-refractivity contribution is 0.826. The Balaban J connectivity index is 0.000000349. The van der Waals surface area contributed by atoms with Gasteiger partial charge in [-0.3, -0.25) is 9.97 Å². The summed E-state index contributed by atoms with van der Waals surface area (Å²) in [4.78, 5) is 8.99. The van der Waals surface area contributed by atoms with Crippen molar-refractivity contribution in [1.29, 1.82) is 0 Å². The molecule has 4 aromatic heterocycles. The van der Waals surface area contributed by atoms with E-state index in [0.717, 1.165) is 23.1 Å². The lowest BCUT2D eigenvalue weighted by Crippen LogP contribution is -1.92. The van der Waals surface area contributed by atoms with Crippen LogP contribution in [-0.2, 0) is 6.54 Å². The molecule has 4 nitrogen and oxygen atoms in total. The van der Waals surface area contributed by atoms with Gasteiger partial charge in [-0.25, -0.2) is 0 Å². The van der Waals surface area contributed by atoms with E-state index >= 15 is 0 Å². The van der Waals surface area contributed by atoms with Gasteiger partial charge in [-0.1, -0.05) is 124 Å². The van der Waals surface area contributed by atoms with Crippen LogP contribution < -0.4 is 0 Å². The van der Waals surface area contributed by atoms with Crippen LogP contribution in [0.3, 0.4) is 0 Å². The number of rotatable bonds is 2. The highest BCUT2D eigenvalue weighted by Gasteiger charge is 2.11. The third kappa shape index (κ3) is 8.35. The number of aromatic nitrogens is 4. The number of hydrogen-bond donors (Lipinski definition) is 0. The number of para-hydroxylation sites is 3. The lowest BCUT2D eigenvalue weighted by atomic mass is 10.2. The SMILES string of the molecule is CC.CC.CC.CC.CC.CCn1c2ccccc2c2ncccc21.c1ccc(-n2c3ccccc3c3ncccc32)cc1. The molecule has 4 heteroatoms. The third-order valence-electron chi connectivity index (χ3n) is 6.29. The van der Waals surface area contributed by atoms with E-state index in [0.29, 0.717) is 0 Å². The van der Waals surface area contributed by atoms with Crippen LogP contribution in [0.5, 0.6) is 0 Å². The van der Waals surface area contributed by atoms with Crippen molar-refractivity contribution in [2.45, 2.75) is 82.7 Å². The summed E-state index contributed by atoms with van der Waals surface area (Å²) in [5.74, 6) is 0. The number of benzene rings is 3. The second kappa shape index (κ2) is 21.3. The summed E-state index contributed by atoms with van der Waals surface area (Å²) in [7, 11) is 0. The second-order valence-corrected chi connectivity index (χ2v) is 8.19. The predicted molar refractivity (Wildman–Crippen MR) is 198 cm³/mol. The Bertz CT molecular complexity index is 1640. The highest BCUT2D eigenvalue weighted by molar-refractivity contribution is 6.07. The molecule has 7 rings (SSSR count). The summed E-state index contributed by atoms with van der Waals surface area (Å²) in [5.41, 5.74) is 8.17. The van der Waals surface area contributed by atoms with E-state index in [1.807, 2.05) is 99.8 Å². The molecule has 0 unspecified atom stereocenters. The standard InChI is InChI=1S/C17H12N2.C13H12N2.5C2H6/c1-2-7-13(8-3-1)19-15-10-5-4-9-14(15)17-16(19)11-6-12-18-17;1-2-15-11-7-4-3-6-10(11)13-12(15)8-5-9-14-13;5*1-2/h1-12H;3-9H,2H2,1H3;5*1-2H3. The summed E-state index contributed by atoms with van der Waals surface area (Å²) in [6.45, 7) is 23.1. The molecule has 3 aromatic carbocycles. The monoisotopic (exact) mass is 590 g/mol. The number of fused-ring (bicyclic) bond motifs is 6. The molecule has 0 saturated heterocycles. The molecule has 0 saturated carbocycles. The van der Waals surface area contributed by atoms with Crippen molar-refractivity contribution in [2.24, 2.45) is 0 Å². The van der Waals surface area contributed by atoms with E-state index in [-0.39, 0.29) is 0 Å². The van der Waals surface area contributed by atoms with E-state index in [2.05, 4.69) is 111 Å². The molecular formula is C40H54N4. The first-order valence-electron chi connectivity index (χ1n) is 16.6. The molecule has 0 aliphatic heterocycles. The molecule has 0 amide bonds. The first-order chi connectivity index (χ1) is 21.9. The summed E-state index contributed by atoms with van der Waals surface area (Å²) in [6, 6.07) is 35.5. The van der Waals surface area contributed by atoms with Crippen LogP contribution in [0.25, 0.3) is 49.6 Å². The summed E-state index contributed by atoms with van der Waals surface area (Å²) < 4.78 is 4.56. The van der Waals surface area contributed by atoms with E-state index < -0.39 is 0 Å². The van der Waals surface area contributed by atoms with Gasteiger partial charge in [0.2, 0.25) is 0 Å². The van der Waals surface area contributed by atoms with Gasteiger partial charge < -0.3 is 9.13 Å². The van der Waals surface area contributed by atoms with Gasteiger partial charge >= 0.3 is 0 Å². The zero-order chi connectivity index (χ0) is 32.9. The van der Waals surface area contributed by atoms with Gasteiger partial charge in [0.1, 0.15) is 0 Å². The molecule has 0 spiro atoms. The molecule has 0 aliphatic rings. The first-order valence-corrected chi connectivity index (χ1v) is 16.6. The lowest BCUT2D eigenvalue weighted by Gasteiger charge is -2.06. The summed E-state index contributed by atoms with van der Waals surface area (Å²) in [5, 5.41) is 2.44. The topological polar surface area (TPSA) is 35.6 Å². The van der Waals surface area contributed by atoms with Crippen molar-refractivity contribution < 1.29 is 0 Å². The predicted octanol–water partition coefficient (Wildman–Crippen LogP) is 12.5. The van der Waals surface area contributed by atoms with Crippen LogP contribution in [0.15, 0.2) is 116 Å². The zero-order valence-electron chi connectivity index (χ0n) is 29.0. The Labute approximate surface area is 266 Å². The van der Waals surface area contributed by atoms with E-state index in [1.165, 1.54) is 33.0 Å². The largest absolute Gasteiger partial charge is 0.339 e. The van der Waals surface area contributed by atoms with Gasteiger partial charge in [0.25, 0.3) is 0 Å². The fourth-order valence-corrected chi connectivity index (χ4v) is 4.84. The van der Waals surface area contributed by atoms with Crippen LogP contribution in [0, 0.1) is 0 Å². The molecule has 44 heavy (non-hydrogen) atoms. The third-order valence-corrected chi connectivity index (χ3v) is 6.29. The molecular weight excluding hydrogens is 536 g/mol. The first kappa shape index (κ1) is 37.6. The maximum Gasteiger partial charge on any atom is 0.0963 e. The fourth-order valence-electron chi connectivity index (χ4n) is 4.84. The average Bonchev–Trinajstić information content (AvgIpc) is 3.66. The van der Waals surface area contributed by atoms with Crippen molar-refractivity contribution in [3.8, 4) is 5.69 Å². The minimum atomic E-state index is 0.982. The molecule has 0 aliphatic carbocycles. The number of hydrogen-bond acceptors (Lipinski definition) is 2. The quantitative estimate of drug-likeness (QED) is 0.201. The van der Waals surface area contributed by atoms with Crippen LogP contribution in [-0.4, -0.2) is 19.1 Å². The molecule has 0 fully saturated rings. The van der Waals surface area contributed by atoms with Gasteiger partial charge in [-0.05, 0) is 55.5 Å². The van der Waals surface area contributed by atoms with Gasteiger partial charge in [-0.15, -0.1) is 0 Å². The normalized spacial score (nSPS) is 9.34. The maximum atomic E-state index is 4.53. The van der Waals surface area contributed by atoms with Gasteiger partial charge in [0, 0.05) is 35.4 Å². The number of pyridine rings is 2. The molecule has 0 radical (unpaired) electrons. The molecule has 7 aromatic rings. The van der Waals surface area contributed by atoms with Crippen molar-refractivity contribution in [1.82, 2.24) is 19.1 Å². The molecule has 4 heterocycles. The van der Waals surface area contributed by atoms with Gasteiger partial charge in [0.15, 0.2) is 0 Å². The van der Waals surface area contributed by atoms with Gasteiger partial charge in [0.05, 0.1) is 33.1 Å². The minimum Gasteiger partial charge on any atom is -0.339 e. The highest BCUT2D eigenvalue weighted by atomic mass is 15.0. The molecule has 0 atom stereocenters. The zero-order valence-corrected chi connectivity index (χ0v) is 29.0. The number of aryl methyl sites for hydroxylation is 1. The van der Waals surface area contributed by atoms with E-state index in [1.54, 1.807) is 0 Å². The van der Waals surface area contributed by atoms with Gasteiger partial charge in [-0.2, -0.15) is 0 Å². The fraction of sp³-hybridized carbons (Fsp3) is 0.300. The van der Waals surface area contributed by atoms with Crippen LogP contribution in [0.1, 0.15) is 76.2 Å². The van der Waals surface area contributed by atoms with Crippen molar-refractivity contribution in [3.63, 3.8) is 0 Å². The smallest absolute Gasteiger partial charge is 0.0963 e. The Hall–Kier alpha value is -4.44. The van der Waals surface area contributed by atoms with Crippen molar-refractivity contribution in [2.75, 3.05) is 0 Å². The molecule has 0 bridgehead atoms. The summed E-state index contributed by atoms with van der Waals surface area (Å²) >= 11 is 0. The highest BCUT2D eigenvalue weighted by Crippen LogP contribution is 2.30. The minimum absolute atomic E-state index is 0.982. The van der Waals surface area contributed by atoms with Crippen LogP contribution in [0.2, 0.25) is 0 Å². The van der Waals surface area contributed by atoms with Crippen LogP contribution >= 0.6 is 0 Å². The Morgan fingerprint density at radius 3 is 1.39 bits per heavy atom. The Kier molecular flexibility index (Phi) is 18.2. The van der Waals surface area contributed by atoms with Crippen molar-refractivity contribution >= 4 is 43.9 Å².